The molecule has 0 fully saturated rings. The Bertz CT molecular complexity index is 956. The van der Waals surface area contributed by atoms with Crippen LogP contribution in [0.1, 0.15) is 30.5 Å². The Morgan fingerprint density at radius 1 is 1.06 bits per heavy atom. The van der Waals surface area contributed by atoms with Gasteiger partial charge in [-0.25, -0.2) is 5.01 Å². The van der Waals surface area contributed by atoms with Crippen LogP contribution in [0, 0.1) is 6.92 Å². The summed E-state index contributed by atoms with van der Waals surface area (Å²) in [6.45, 7) is 9.12. The predicted molar refractivity (Wildman–Crippen MR) is 136 cm³/mol. The summed E-state index contributed by atoms with van der Waals surface area (Å²) in [7, 11) is 3.85. The van der Waals surface area contributed by atoms with Crippen molar-refractivity contribution < 1.29 is 9.59 Å². The number of nitrogens with one attached hydrogen (secondary N) is 2. The van der Waals surface area contributed by atoms with E-state index in [-0.39, 0.29) is 24.9 Å². The lowest BCUT2D eigenvalue weighted by Crippen LogP contribution is -2.48. The molecular weight excluding hydrogens is 413 g/mol. The molecule has 0 saturated heterocycles. The Morgan fingerprint density at radius 3 is 2.33 bits per heavy atom. The average molecular weight is 449 g/mol. The van der Waals surface area contributed by atoms with E-state index >= 15 is 0 Å². The Morgan fingerprint density at radius 2 is 1.73 bits per heavy atom. The van der Waals surface area contributed by atoms with Gasteiger partial charge in [-0.3, -0.25) is 14.6 Å². The highest BCUT2D eigenvalue weighted by molar-refractivity contribution is 6.32. The Hall–Kier alpha value is -2.84. The standard InChI is InChI=1S/C25H36BN5O2/c1-18(2)27-11-12-28-24(32)16-30(23-10-9-22(26)13-19(23)3)17-25(33)29(4)31-14-20-7-5-6-8-21(20)15-31/h5-10,13,18,27H,11-12,14-17,26H2,1-4H3,(H,28,32). The molecule has 8 heteroatoms. The smallest absolute Gasteiger partial charge is 0.256 e. The van der Waals surface area contributed by atoms with Gasteiger partial charge < -0.3 is 15.5 Å². The molecule has 2 aromatic carbocycles. The van der Waals surface area contributed by atoms with Gasteiger partial charge >= 0.3 is 0 Å². The first-order chi connectivity index (χ1) is 15.7. The number of hydrazine groups is 1. The van der Waals surface area contributed by atoms with Gasteiger partial charge in [0.2, 0.25) is 5.91 Å². The summed E-state index contributed by atoms with van der Waals surface area (Å²) in [5, 5.41) is 9.99. The summed E-state index contributed by atoms with van der Waals surface area (Å²) >= 11 is 0. The SMILES string of the molecule is Bc1ccc(N(CC(=O)NCCNC(C)C)CC(=O)N(C)N2Cc3ccccc3C2)c(C)c1. The number of likely N-dealkylation sites (N-methyl/N-ethyl adjacent to an activating group) is 1. The van der Waals surface area contributed by atoms with Crippen LogP contribution in [0.3, 0.4) is 0 Å². The van der Waals surface area contributed by atoms with Gasteiger partial charge in [0.1, 0.15) is 7.85 Å². The molecule has 176 valence electrons. The van der Waals surface area contributed by atoms with Crippen molar-refractivity contribution in [3.63, 3.8) is 0 Å². The quantitative estimate of drug-likeness (QED) is 0.410. The number of hydrogen-bond acceptors (Lipinski definition) is 5. The van der Waals surface area contributed by atoms with Gasteiger partial charge in [0.25, 0.3) is 5.91 Å². The van der Waals surface area contributed by atoms with Crippen molar-refractivity contribution in [3.05, 3.63) is 59.2 Å². The second-order valence-electron chi connectivity index (χ2n) is 9.11. The number of carbonyl (C=O) groups is 2. The van der Waals surface area contributed by atoms with E-state index in [1.807, 2.05) is 56.0 Å². The monoisotopic (exact) mass is 449 g/mol. The summed E-state index contributed by atoms with van der Waals surface area (Å²) in [5.74, 6) is -0.137. The second kappa shape index (κ2) is 11.3. The number of aryl methyl sites for hydroxylation is 1. The van der Waals surface area contributed by atoms with Crippen LogP contribution in [0.2, 0.25) is 0 Å². The van der Waals surface area contributed by atoms with Gasteiger partial charge in [-0.1, -0.05) is 55.7 Å². The maximum atomic E-state index is 13.3. The van der Waals surface area contributed by atoms with E-state index in [1.54, 1.807) is 5.01 Å². The molecule has 0 bridgehead atoms. The first-order valence-corrected chi connectivity index (χ1v) is 11.6. The van der Waals surface area contributed by atoms with Gasteiger partial charge in [-0.05, 0) is 29.7 Å². The van der Waals surface area contributed by atoms with Gasteiger partial charge in [0, 0.05) is 45.0 Å². The van der Waals surface area contributed by atoms with Crippen molar-refractivity contribution in [1.82, 2.24) is 20.7 Å². The predicted octanol–water partition coefficient (Wildman–Crippen LogP) is 0.563. The Kier molecular flexibility index (Phi) is 8.52. The van der Waals surface area contributed by atoms with Crippen LogP contribution >= 0.6 is 0 Å². The third-order valence-corrected chi connectivity index (χ3v) is 5.96. The summed E-state index contributed by atoms with van der Waals surface area (Å²) in [6, 6.07) is 14.7. The van der Waals surface area contributed by atoms with Crippen LogP contribution in [0.25, 0.3) is 0 Å². The molecule has 2 N–H and O–H groups in total. The number of hydrogen-bond donors (Lipinski definition) is 2. The van der Waals surface area contributed by atoms with Crippen LogP contribution in [0.4, 0.5) is 5.69 Å². The topological polar surface area (TPSA) is 67.9 Å². The van der Waals surface area contributed by atoms with E-state index < -0.39 is 0 Å². The fraction of sp³-hybridized carbons (Fsp3) is 0.440. The third-order valence-electron chi connectivity index (χ3n) is 5.96. The molecule has 2 amide bonds. The third kappa shape index (κ3) is 6.82. The number of anilines is 1. The largest absolute Gasteiger partial charge is 0.353 e. The zero-order chi connectivity index (χ0) is 24.0. The summed E-state index contributed by atoms with van der Waals surface area (Å²) < 4.78 is 0. The van der Waals surface area contributed by atoms with Crippen molar-refractivity contribution in [3.8, 4) is 0 Å². The van der Waals surface area contributed by atoms with Crippen molar-refractivity contribution in [2.75, 3.05) is 38.1 Å². The second-order valence-corrected chi connectivity index (χ2v) is 9.11. The van der Waals surface area contributed by atoms with E-state index in [1.165, 1.54) is 11.1 Å². The van der Waals surface area contributed by atoms with Gasteiger partial charge in [-0.2, -0.15) is 0 Å². The summed E-state index contributed by atoms with van der Waals surface area (Å²) in [5.41, 5.74) is 5.60. The van der Waals surface area contributed by atoms with E-state index in [4.69, 9.17) is 0 Å². The van der Waals surface area contributed by atoms with E-state index in [0.29, 0.717) is 32.2 Å². The molecule has 33 heavy (non-hydrogen) atoms. The summed E-state index contributed by atoms with van der Waals surface area (Å²) in [6.07, 6.45) is 0. The number of amides is 2. The molecule has 1 aliphatic rings. The van der Waals surface area contributed by atoms with Crippen LogP contribution in [-0.2, 0) is 22.7 Å². The van der Waals surface area contributed by atoms with Crippen LogP contribution in [0.5, 0.6) is 0 Å². The van der Waals surface area contributed by atoms with Crippen molar-refractivity contribution >= 4 is 30.8 Å². The molecule has 0 unspecified atom stereocenters. The van der Waals surface area contributed by atoms with E-state index in [9.17, 15) is 9.59 Å². The zero-order valence-electron chi connectivity index (χ0n) is 20.5. The van der Waals surface area contributed by atoms with Crippen molar-refractivity contribution in [2.45, 2.75) is 39.9 Å². The molecule has 3 rings (SSSR count). The highest BCUT2D eigenvalue weighted by atomic mass is 16.2. The first-order valence-electron chi connectivity index (χ1n) is 11.6. The van der Waals surface area contributed by atoms with Crippen LogP contribution < -0.4 is 21.0 Å². The average Bonchev–Trinajstić information content (AvgIpc) is 3.20. The lowest BCUT2D eigenvalue weighted by atomic mass is 9.94. The highest BCUT2D eigenvalue weighted by Crippen LogP contribution is 2.24. The summed E-state index contributed by atoms with van der Waals surface area (Å²) in [4.78, 5) is 27.8. The molecule has 1 aliphatic heterocycles. The number of fused-ring (bicyclic) bond motifs is 1. The van der Waals surface area contributed by atoms with Crippen molar-refractivity contribution in [2.24, 2.45) is 0 Å². The first kappa shape index (κ1) is 24.8. The molecular formula is C25H36BN5O2. The number of rotatable bonds is 10. The fourth-order valence-electron chi connectivity index (χ4n) is 4.13. The minimum absolute atomic E-state index is 0.0444. The lowest BCUT2D eigenvalue weighted by Gasteiger charge is -2.32. The number of benzene rings is 2. The Labute approximate surface area is 198 Å². The molecule has 7 nitrogen and oxygen atoms in total. The molecule has 2 aromatic rings. The number of carbonyl (C=O) groups excluding carboxylic acids is 2. The fourth-order valence-corrected chi connectivity index (χ4v) is 4.13. The molecule has 0 atom stereocenters. The zero-order valence-corrected chi connectivity index (χ0v) is 20.5. The molecule has 0 radical (unpaired) electrons. The normalized spacial score (nSPS) is 13.1. The minimum Gasteiger partial charge on any atom is -0.353 e. The van der Waals surface area contributed by atoms with Gasteiger partial charge in [0.15, 0.2) is 0 Å². The molecule has 1 heterocycles. The molecule has 0 spiro atoms. The maximum absolute atomic E-state index is 13.3. The number of nitrogens with zero attached hydrogens (tertiary/aromatic N) is 3. The van der Waals surface area contributed by atoms with E-state index in [0.717, 1.165) is 16.7 Å². The van der Waals surface area contributed by atoms with Crippen LogP contribution in [0.15, 0.2) is 42.5 Å². The van der Waals surface area contributed by atoms with Crippen molar-refractivity contribution in [1.29, 1.82) is 0 Å². The molecule has 0 aliphatic carbocycles. The highest BCUT2D eigenvalue weighted by Gasteiger charge is 2.26. The Balaban J connectivity index is 1.67. The van der Waals surface area contributed by atoms with Gasteiger partial charge in [0.05, 0.1) is 13.1 Å². The molecule has 0 aromatic heterocycles. The van der Waals surface area contributed by atoms with Crippen LogP contribution in [-0.4, -0.2) is 68.9 Å². The molecule has 0 saturated carbocycles. The van der Waals surface area contributed by atoms with Gasteiger partial charge in [-0.15, -0.1) is 0 Å². The minimum atomic E-state index is -0.0930. The van der Waals surface area contributed by atoms with E-state index in [2.05, 4.69) is 42.7 Å². The lowest BCUT2D eigenvalue weighted by molar-refractivity contribution is -0.145. The maximum Gasteiger partial charge on any atom is 0.256 e.